The first-order valence-electron chi connectivity index (χ1n) is 4.10. The number of nitrogens with one attached hydrogen (secondary N) is 1. The van der Waals surface area contributed by atoms with Crippen molar-refractivity contribution in [2.45, 2.75) is 11.8 Å². The van der Waals surface area contributed by atoms with E-state index in [2.05, 4.69) is 4.99 Å². The Morgan fingerprint density at radius 3 is 2.56 bits per heavy atom. The van der Waals surface area contributed by atoms with Crippen LogP contribution in [0.5, 0.6) is 0 Å². The third-order valence-corrected chi connectivity index (χ3v) is 2.56. The van der Waals surface area contributed by atoms with Gasteiger partial charge in [-0.1, -0.05) is 6.08 Å². The predicted molar refractivity (Wildman–Crippen MR) is 44.3 cm³/mol. The Bertz CT molecular complexity index is 393. The van der Waals surface area contributed by atoms with Crippen LogP contribution in [0, 0.1) is 11.8 Å². The molecule has 2 aliphatic rings. The summed E-state index contributed by atoms with van der Waals surface area (Å²) >= 11 is 0. The van der Waals surface area contributed by atoms with Gasteiger partial charge in [-0.2, -0.15) is 13.2 Å². The SMILES string of the molecule is [NH-]C12N=C(C(F)(F)F)C=CC1C2C(=O)O.[Rh]. The van der Waals surface area contributed by atoms with Crippen LogP contribution < -0.4 is 0 Å². The molecule has 91 valence electrons. The molecule has 1 radical (unpaired) electrons. The largest absolute Gasteiger partial charge is 0.652 e. The number of carbonyl (C=O) groups is 1. The number of hydrogen-bond acceptors (Lipinski definition) is 2. The second-order valence-electron chi connectivity index (χ2n) is 3.52. The molecule has 0 saturated heterocycles. The molecule has 1 aliphatic heterocycles. The molecule has 1 aliphatic carbocycles. The van der Waals surface area contributed by atoms with Crippen molar-refractivity contribution in [1.29, 1.82) is 0 Å². The number of hydrogen-bond donors (Lipinski definition) is 1. The number of rotatable bonds is 1. The Hall–Kier alpha value is -0.747. The van der Waals surface area contributed by atoms with E-state index in [0.717, 1.165) is 12.2 Å². The van der Waals surface area contributed by atoms with E-state index in [0.29, 0.717) is 0 Å². The fourth-order valence-electron chi connectivity index (χ4n) is 1.73. The molecule has 0 aromatic carbocycles. The molecule has 16 heavy (non-hydrogen) atoms. The van der Waals surface area contributed by atoms with Gasteiger partial charge in [0.25, 0.3) is 0 Å². The smallest absolute Gasteiger partial charge is 0.432 e. The summed E-state index contributed by atoms with van der Waals surface area (Å²) in [7, 11) is 0. The molecule has 4 nitrogen and oxygen atoms in total. The molecular weight excluding hydrogens is 316 g/mol. The molecule has 0 amide bonds. The average molecular weight is 322 g/mol. The van der Waals surface area contributed by atoms with Gasteiger partial charge in [0.2, 0.25) is 0 Å². The quantitative estimate of drug-likeness (QED) is 0.745. The molecule has 3 atom stereocenters. The molecule has 2 rings (SSSR count). The zero-order valence-corrected chi connectivity index (χ0v) is 9.22. The minimum atomic E-state index is -4.62. The summed E-state index contributed by atoms with van der Waals surface area (Å²) < 4.78 is 36.7. The van der Waals surface area contributed by atoms with E-state index < -0.39 is 35.4 Å². The maximum atomic E-state index is 12.2. The number of allylic oxidation sites excluding steroid dienone is 1. The average Bonchev–Trinajstić information content (AvgIpc) is 2.67. The number of aliphatic imine (C=N–C) groups is 1. The zero-order chi connectivity index (χ0) is 11.4. The first-order valence-corrected chi connectivity index (χ1v) is 4.10. The van der Waals surface area contributed by atoms with Crippen molar-refractivity contribution in [3.05, 3.63) is 17.9 Å². The minimum Gasteiger partial charge on any atom is -0.652 e. The third-order valence-electron chi connectivity index (χ3n) is 2.56. The summed E-state index contributed by atoms with van der Waals surface area (Å²) in [5, 5.41) is 8.63. The number of carboxylic acids is 1. The Balaban J connectivity index is 0.00000128. The Kier molecular flexibility index (Phi) is 3.02. The first kappa shape index (κ1) is 13.3. The van der Waals surface area contributed by atoms with Crippen LogP contribution in [0.2, 0.25) is 0 Å². The summed E-state index contributed by atoms with van der Waals surface area (Å²) in [6, 6.07) is 0. The van der Waals surface area contributed by atoms with Gasteiger partial charge in [-0.25, -0.2) is 0 Å². The maximum absolute atomic E-state index is 12.2. The van der Waals surface area contributed by atoms with Gasteiger partial charge in [-0.15, -0.1) is 0 Å². The number of aliphatic carboxylic acids is 1. The van der Waals surface area contributed by atoms with E-state index in [1.54, 1.807) is 0 Å². The summed E-state index contributed by atoms with van der Waals surface area (Å²) in [6.45, 7) is 0. The first-order chi connectivity index (χ1) is 6.77. The van der Waals surface area contributed by atoms with Crippen LogP contribution in [0.1, 0.15) is 0 Å². The number of nitrogens with zero attached hydrogens (tertiary/aromatic N) is 1. The van der Waals surface area contributed by atoms with E-state index in [1.807, 2.05) is 0 Å². The third kappa shape index (κ3) is 1.80. The van der Waals surface area contributed by atoms with Gasteiger partial charge in [0.05, 0.1) is 5.92 Å². The Morgan fingerprint density at radius 2 is 2.12 bits per heavy atom. The second kappa shape index (κ2) is 3.63. The molecule has 1 heterocycles. The van der Waals surface area contributed by atoms with Crippen LogP contribution in [0.4, 0.5) is 13.2 Å². The van der Waals surface area contributed by atoms with Gasteiger partial charge in [-0.05, 0) is 17.7 Å². The maximum Gasteiger partial charge on any atom is 0.432 e. The van der Waals surface area contributed by atoms with Gasteiger partial charge in [0.15, 0.2) is 0 Å². The minimum absolute atomic E-state index is 0. The fraction of sp³-hybridized carbons (Fsp3) is 0.500. The number of halogens is 3. The summed E-state index contributed by atoms with van der Waals surface area (Å²) in [6.07, 6.45) is -2.79. The van der Waals surface area contributed by atoms with Gasteiger partial charge in [0.1, 0.15) is 5.71 Å². The standard InChI is InChI=1S/C8H6F3N2O2.Rh/c9-8(10,11)4-2-1-3-5(6(14)15)7(3,12)13-4;/h1-3,5,12H,(H,14,15);/q-1;. The van der Waals surface area contributed by atoms with E-state index in [9.17, 15) is 18.0 Å². The van der Waals surface area contributed by atoms with Crippen molar-refractivity contribution in [2.24, 2.45) is 16.8 Å². The van der Waals surface area contributed by atoms with Crippen molar-refractivity contribution >= 4 is 11.7 Å². The van der Waals surface area contributed by atoms with Crippen molar-refractivity contribution in [3.63, 3.8) is 0 Å². The summed E-state index contributed by atoms with van der Waals surface area (Å²) in [5.41, 5.74) is 4.44. The van der Waals surface area contributed by atoms with E-state index in [-0.39, 0.29) is 19.5 Å². The van der Waals surface area contributed by atoms with Gasteiger partial charge < -0.3 is 10.8 Å². The van der Waals surface area contributed by atoms with Crippen molar-refractivity contribution < 1.29 is 42.6 Å². The van der Waals surface area contributed by atoms with Crippen LogP contribution in [0.15, 0.2) is 17.1 Å². The Morgan fingerprint density at radius 1 is 1.56 bits per heavy atom. The molecule has 8 heteroatoms. The molecule has 0 aromatic rings. The van der Waals surface area contributed by atoms with Gasteiger partial charge in [-0.3, -0.25) is 9.79 Å². The number of alkyl halides is 3. The second-order valence-corrected chi connectivity index (χ2v) is 3.52. The number of fused-ring (bicyclic) bond motifs is 1. The molecule has 1 saturated carbocycles. The van der Waals surface area contributed by atoms with Crippen LogP contribution in [-0.2, 0) is 24.3 Å². The molecule has 2 N–H and O–H groups in total. The van der Waals surface area contributed by atoms with E-state index >= 15 is 0 Å². The summed E-state index contributed by atoms with van der Waals surface area (Å²) in [4.78, 5) is 13.7. The molecule has 0 spiro atoms. The van der Waals surface area contributed by atoms with Crippen LogP contribution >= 0.6 is 0 Å². The summed E-state index contributed by atoms with van der Waals surface area (Å²) in [5.74, 6) is -3.18. The molecule has 0 bridgehead atoms. The predicted octanol–water partition coefficient (Wildman–Crippen LogP) is 1.64. The monoisotopic (exact) mass is 322 g/mol. The fourth-order valence-corrected chi connectivity index (χ4v) is 1.73. The van der Waals surface area contributed by atoms with Crippen LogP contribution in [0.25, 0.3) is 5.73 Å². The molecule has 3 unspecified atom stereocenters. The zero-order valence-electron chi connectivity index (χ0n) is 7.58. The van der Waals surface area contributed by atoms with Gasteiger partial charge in [0, 0.05) is 19.5 Å². The van der Waals surface area contributed by atoms with Crippen molar-refractivity contribution in [1.82, 2.24) is 0 Å². The van der Waals surface area contributed by atoms with E-state index in [4.69, 9.17) is 10.8 Å². The Labute approximate surface area is 101 Å². The van der Waals surface area contributed by atoms with Crippen molar-refractivity contribution in [2.75, 3.05) is 0 Å². The molecule has 0 aromatic heterocycles. The van der Waals surface area contributed by atoms with Crippen molar-refractivity contribution in [3.8, 4) is 0 Å². The van der Waals surface area contributed by atoms with Gasteiger partial charge >= 0.3 is 12.1 Å². The molecule has 1 fully saturated rings. The topological polar surface area (TPSA) is 73.5 Å². The number of dihydropyridines is 1. The molecular formula is C8H6F3N2O2Rh-. The normalized spacial score (nSPS) is 35.9. The van der Waals surface area contributed by atoms with E-state index in [1.165, 1.54) is 0 Å². The van der Waals surface area contributed by atoms with Crippen LogP contribution in [0.3, 0.4) is 0 Å². The number of carboxylic acid groups (broad SMARTS) is 1. The van der Waals surface area contributed by atoms with Crippen LogP contribution in [-0.4, -0.2) is 28.6 Å².